The van der Waals surface area contributed by atoms with Gasteiger partial charge in [0.05, 0.1) is 5.69 Å². The predicted molar refractivity (Wildman–Crippen MR) is 74.4 cm³/mol. The summed E-state index contributed by atoms with van der Waals surface area (Å²) < 4.78 is 14.1. The van der Waals surface area contributed by atoms with Crippen LogP contribution in [0.3, 0.4) is 0 Å². The van der Waals surface area contributed by atoms with Crippen LogP contribution in [0.5, 0.6) is 0 Å². The van der Waals surface area contributed by atoms with Gasteiger partial charge in [-0.15, -0.1) is 0 Å². The van der Waals surface area contributed by atoms with E-state index in [-0.39, 0.29) is 5.82 Å². The molecule has 0 radical (unpaired) electrons. The van der Waals surface area contributed by atoms with Gasteiger partial charge >= 0.3 is 0 Å². The molecule has 1 N–H and O–H groups in total. The van der Waals surface area contributed by atoms with Crippen LogP contribution in [0.1, 0.15) is 32.3 Å². The first kappa shape index (κ1) is 13.3. The fraction of sp³-hybridized carbons (Fsp3) is 0.600. The summed E-state index contributed by atoms with van der Waals surface area (Å²) in [6.07, 6.45) is 2.26. The highest BCUT2D eigenvalue weighted by Crippen LogP contribution is 2.33. The quantitative estimate of drug-likeness (QED) is 0.886. The van der Waals surface area contributed by atoms with Gasteiger partial charge in [0.2, 0.25) is 0 Å². The van der Waals surface area contributed by atoms with Gasteiger partial charge in [0, 0.05) is 19.6 Å². The maximum atomic E-state index is 14.1. The van der Waals surface area contributed by atoms with Crippen molar-refractivity contribution in [1.82, 2.24) is 5.32 Å². The topological polar surface area (TPSA) is 15.3 Å². The molecule has 0 saturated carbocycles. The van der Waals surface area contributed by atoms with E-state index in [1.54, 1.807) is 6.07 Å². The van der Waals surface area contributed by atoms with Crippen LogP contribution in [0.15, 0.2) is 18.2 Å². The van der Waals surface area contributed by atoms with E-state index in [4.69, 9.17) is 0 Å². The lowest BCUT2D eigenvalue weighted by Crippen LogP contribution is -2.37. The number of nitrogens with zero attached hydrogens (tertiary/aromatic N) is 1. The average molecular weight is 250 g/mol. The maximum absolute atomic E-state index is 14.1. The lowest BCUT2D eigenvalue weighted by Gasteiger charge is -2.38. The van der Waals surface area contributed by atoms with E-state index in [9.17, 15) is 4.39 Å². The van der Waals surface area contributed by atoms with Crippen molar-refractivity contribution in [2.24, 2.45) is 5.41 Å². The van der Waals surface area contributed by atoms with Crippen LogP contribution in [0, 0.1) is 11.2 Å². The van der Waals surface area contributed by atoms with Crippen LogP contribution in [0.4, 0.5) is 10.1 Å². The lowest BCUT2D eigenvalue weighted by atomic mass is 9.82. The number of rotatable bonds is 3. The molecule has 0 amide bonds. The van der Waals surface area contributed by atoms with Crippen LogP contribution in [-0.2, 0) is 6.54 Å². The Kier molecular flexibility index (Phi) is 3.91. The van der Waals surface area contributed by atoms with E-state index in [1.165, 1.54) is 0 Å². The zero-order chi connectivity index (χ0) is 13.2. The van der Waals surface area contributed by atoms with Gasteiger partial charge in [-0.1, -0.05) is 19.9 Å². The van der Waals surface area contributed by atoms with Crippen LogP contribution >= 0.6 is 0 Å². The lowest BCUT2D eigenvalue weighted by molar-refractivity contribution is 0.279. The zero-order valence-electron chi connectivity index (χ0n) is 11.6. The molecule has 3 heteroatoms. The molecular weight excluding hydrogens is 227 g/mol. The Balaban J connectivity index is 2.10. The standard InChI is InChI=1S/C15H23FN2/c1-15(2)6-8-18(9-7-15)14-5-4-12(11-17-3)10-13(14)16/h4-5,10,17H,6-9,11H2,1-3H3. The third-order valence-electron chi connectivity index (χ3n) is 3.85. The van der Waals surface area contributed by atoms with Crippen molar-refractivity contribution in [2.75, 3.05) is 25.0 Å². The van der Waals surface area contributed by atoms with Gasteiger partial charge in [-0.05, 0) is 43.0 Å². The number of halogens is 1. The fourth-order valence-corrected chi connectivity index (χ4v) is 2.47. The van der Waals surface area contributed by atoms with Gasteiger partial charge in [0.25, 0.3) is 0 Å². The fourth-order valence-electron chi connectivity index (χ4n) is 2.47. The van der Waals surface area contributed by atoms with Crippen LogP contribution in [-0.4, -0.2) is 20.1 Å². The molecular formula is C15H23FN2. The molecule has 0 atom stereocenters. The zero-order valence-corrected chi connectivity index (χ0v) is 11.6. The van der Waals surface area contributed by atoms with Crippen molar-refractivity contribution >= 4 is 5.69 Å². The van der Waals surface area contributed by atoms with Crippen molar-refractivity contribution < 1.29 is 4.39 Å². The van der Waals surface area contributed by atoms with Gasteiger partial charge in [-0.3, -0.25) is 0 Å². The Morgan fingerprint density at radius 2 is 1.94 bits per heavy atom. The third-order valence-corrected chi connectivity index (χ3v) is 3.85. The van der Waals surface area contributed by atoms with E-state index in [1.807, 2.05) is 19.2 Å². The van der Waals surface area contributed by atoms with Gasteiger partial charge < -0.3 is 10.2 Å². The first-order valence-corrected chi connectivity index (χ1v) is 6.70. The first-order valence-electron chi connectivity index (χ1n) is 6.70. The highest BCUT2D eigenvalue weighted by Gasteiger charge is 2.26. The van der Waals surface area contributed by atoms with Gasteiger partial charge in [-0.2, -0.15) is 0 Å². The summed E-state index contributed by atoms with van der Waals surface area (Å²) in [5.41, 5.74) is 2.15. The summed E-state index contributed by atoms with van der Waals surface area (Å²) in [5.74, 6) is -0.0949. The Morgan fingerprint density at radius 1 is 1.28 bits per heavy atom. The number of nitrogens with one attached hydrogen (secondary N) is 1. The molecule has 0 bridgehead atoms. The molecule has 18 heavy (non-hydrogen) atoms. The SMILES string of the molecule is CNCc1ccc(N2CCC(C)(C)CC2)c(F)c1. The minimum absolute atomic E-state index is 0.0949. The van der Waals surface area contributed by atoms with Gasteiger partial charge in [0.15, 0.2) is 0 Å². The molecule has 1 saturated heterocycles. The summed E-state index contributed by atoms with van der Waals surface area (Å²) in [6, 6.07) is 5.57. The maximum Gasteiger partial charge on any atom is 0.146 e. The van der Waals surface area contributed by atoms with Crippen molar-refractivity contribution in [3.05, 3.63) is 29.6 Å². The second-order valence-corrected chi connectivity index (χ2v) is 5.97. The van der Waals surface area contributed by atoms with E-state index in [2.05, 4.69) is 24.1 Å². The van der Waals surface area contributed by atoms with Gasteiger partial charge in [0.1, 0.15) is 5.82 Å². The summed E-state index contributed by atoms with van der Waals surface area (Å²) in [5, 5.41) is 3.04. The molecule has 1 fully saturated rings. The van der Waals surface area contributed by atoms with Crippen LogP contribution in [0.25, 0.3) is 0 Å². The number of benzene rings is 1. The predicted octanol–water partition coefficient (Wildman–Crippen LogP) is 3.17. The minimum atomic E-state index is -0.0949. The van der Waals surface area contributed by atoms with E-state index in [0.29, 0.717) is 12.0 Å². The molecule has 2 rings (SSSR count). The Labute approximate surface area is 109 Å². The van der Waals surface area contributed by atoms with Crippen LogP contribution in [0.2, 0.25) is 0 Å². The molecule has 0 spiro atoms. The number of anilines is 1. The summed E-state index contributed by atoms with van der Waals surface area (Å²) in [6.45, 7) is 7.20. The highest BCUT2D eigenvalue weighted by molar-refractivity contribution is 5.49. The third kappa shape index (κ3) is 3.02. The highest BCUT2D eigenvalue weighted by atomic mass is 19.1. The summed E-state index contributed by atoms with van der Waals surface area (Å²) in [4.78, 5) is 2.17. The first-order chi connectivity index (χ1) is 8.52. The molecule has 1 heterocycles. The molecule has 1 aliphatic heterocycles. The molecule has 0 aromatic heterocycles. The second kappa shape index (κ2) is 5.27. The van der Waals surface area contributed by atoms with E-state index < -0.39 is 0 Å². The van der Waals surface area contributed by atoms with Gasteiger partial charge in [-0.25, -0.2) is 4.39 Å². The number of hydrogen-bond acceptors (Lipinski definition) is 2. The van der Waals surface area contributed by atoms with Crippen LogP contribution < -0.4 is 10.2 Å². The molecule has 0 unspecified atom stereocenters. The van der Waals surface area contributed by atoms with Crippen molar-refractivity contribution in [2.45, 2.75) is 33.2 Å². The summed E-state index contributed by atoms with van der Waals surface area (Å²) >= 11 is 0. The molecule has 1 aliphatic rings. The van der Waals surface area contributed by atoms with Crippen molar-refractivity contribution in [3.8, 4) is 0 Å². The summed E-state index contributed by atoms with van der Waals surface area (Å²) in [7, 11) is 1.87. The average Bonchev–Trinajstić information content (AvgIpc) is 2.31. The van der Waals surface area contributed by atoms with E-state index >= 15 is 0 Å². The monoisotopic (exact) mass is 250 g/mol. The largest absolute Gasteiger partial charge is 0.369 e. The Bertz CT molecular complexity index is 405. The Morgan fingerprint density at radius 3 is 2.50 bits per heavy atom. The second-order valence-electron chi connectivity index (χ2n) is 5.97. The molecule has 1 aromatic carbocycles. The molecule has 1 aromatic rings. The minimum Gasteiger partial charge on any atom is -0.369 e. The van der Waals surface area contributed by atoms with E-state index in [0.717, 1.165) is 37.2 Å². The van der Waals surface area contributed by atoms with Crippen molar-refractivity contribution in [3.63, 3.8) is 0 Å². The molecule has 0 aliphatic carbocycles. The normalized spacial score (nSPS) is 19.0. The van der Waals surface area contributed by atoms with Crippen molar-refractivity contribution in [1.29, 1.82) is 0 Å². The molecule has 2 nitrogen and oxygen atoms in total. The number of hydrogen-bond donors (Lipinski definition) is 1. The smallest absolute Gasteiger partial charge is 0.146 e. The molecule has 100 valence electrons. The Hall–Kier alpha value is -1.09. The number of piperidine rings is 1.